The van der Waals surface area contributed by atoms with Crippen molar-refractivity contribution in [2.45, 2.75) is 4.90 Å². The first-order valence-corrected chi connectivity index (χ1v) is 7.84. The van der Waals surface area contributed by atoms with Crippen LogP contribution in [-0.2, 0) is 0 Å². The monoisotopic (exact) mass is 347 g/mol. The Morgan fingerprint density at radius 2 is 2.20 bits per heavy atom. The van der Waals surface area contributed by atoms with Crippen molar-refractivity contribution in [3.63, 3.8) is 0 Å². The van der Waals surface area contributed by atoms with Crippen molar-refractivity contribution in [1.29, 1.82) is 0 Å². The molecule has 3 N–H and O–H groups in total. The van der Waals surface area contributed by atoms with Crippen LogP contribution >= 0.6 is 27.7 Å². The van der Waals surface area contributed by atoms with Crippen LogP contribution in [0.25, 0.3) is 11.0 Å². The average molecular weight is 348 g/mol. The maximum Gasteiger partial charge on any atom is 0.143 e. The maximum absolute atomic E-state index is 4.32. The van der Waals surface area contributed by atoms with Gasteiger partial charge in [0.1, 0.15) is 17.8 Å². The third-order valence-electron chi connectivity index (χ3n) is 3.13. The highest BCUT2D eigenvalue weighted by Crippen LogP contribution is 2.36. The van der Waals surface area contributed by atoms with Gasteiger partial charge in [0.15, 0.2) is 0 Å². The molecule has 0 bridgehead atoms. The van der Waals surface area contributed by atoms with Crippen LogP contribution in [0.15, 0.2) is 40.1 Å². The number of nitrogens with one attached hydrogen (secondary N) is 3. The number of thioether (sulfide) groups is 1. The van der Waals surface area contributed by atoms with Gasteiger partial charge in [0.25, 0.3) is 0 Å². The molecule has 0 spiro atoms. The Morgan fingerprint density at radius 3 is 3.15 bits per heavy atom. The van der Waals surface area contributed by atoms with Crippen LogP contribution in [0.4, 0.5) is 17.2 Å². The molecule has 7 heteroatoms. The lowest BCUT2D eigenvalue weighted by atomic mass is 10.2. The summed E-state index contributed by atoms with van der Waals surface area (Å²) >= 11 is 5.22. The molecule has 0 amide bonds. The zero-order chi connectivity index (χ0) is 13.5. The zero-order valence-corrected chi connectivity index (χ0v) is 12.7. The molecule has 100 valence electrons. The Bertz CT molecular complexity index is 801. The molecule has 0 saturated heterocycles. The van der Waals surface area contributed by atoms with Gasteiger partial charge in [0.2, 0.25) is 0 Å². The van der Waals surface area contributed by atoms with Gasteiger partial charge < -0.3 is 15.6 Å². The molecule has 2 aromatic heterocycles. The number of halogens is 1. The fraction of sp³-hybridized carbons (Fsp3) is 0.0769. The van der Waals surface area contributed by atoms with E-state index < -0.39 is 0 Å². The second-order valence-electron chi connectivity index (χ2n) is 4.40. The van der Waals surface area contributed by atoms with Crippen molar-refractivity contribution >= 4 is 55.9 Å². The number of hydrogen-bond acceptors (Lipinski definition) is 5. The molecule has 0 fully saturated rings. The summed E-state index contributed by atoms with van der Waals surface area (Å²) in [5.74, 6) is 1.73. The highest BCUT2D eigenvalue weighted by atomic mass is 79.9. The first kappa shape index (κ1) is 12.0. The molecule has 4 rings (SSSR count). The molecule has 3 heterocycles. The van der Waals surface area contributed by atoms with E-state index in [1.54, 1.807) is 18.1 Å². The summed E-state index contributed by atoms with van der Waals surface area (Å²) in [5, 5.41) is 7.64. The SMILES string of the molecule is Brc1cc2c(Nc3ccc4c(c3)SCN4)ncnc2[nH]1. The van der Waals surface area contributed by atoms with Gasteiger partial charge in [0.05, 0.1) is 15.9 Å². The van der Waals surface area contributed by atoms with Gasteiger partial charge in [0, 0.05) is 16.3 Å². The highest BCUT2D eigenvalue weighted by Gasteiger charge is 2.12. The summed E-state index contributed by atoms with van der Waals surface area (Å²) in [4.78, 5) is 12.9. The van der Waals surface area contributed by atoms with Gasteiger partial charge in [-0.1, -0.05) is 0 Å². The van der Waals surface area contributed by atoms with Crippen molar-refractivity contribution < 1.29 is 0 Å². The lowest BCUT2D eigenvalue weighted by Gasteiger charge is -2.07. The molecule has 0 unspecified atom stereocenters. The number of fused-ring (bicyclic) bond motifs is 2. The minimum Gasteiger partial charge on any atom is -0.375 e. The lowest BCUT2D eigenvalue weighted by Crippen LogP contribution is -1.95. The van der Waals surface area contributed by atoms with Gasteiger partial charge in [-0.3, -0.25) is 0 Å². The molecule has 0 radical (unpaired) electrons. The predicted molar refractivity (Wildman–Crippen MR) is 85.7 cm³/mol. The van der Waals surface area contributed by atoms with Crippen LogP contribution in [0.5, 0.6) is 0 Å². The molecule has 20 heavy (non-hydrogen) atoms. The van der Waals surface area contributed by atoms with Gasteiger partial charge in [-0.25, -0.2) is 9.97 Å². The maximum atomic E-state index is 4.32. The van der Waals surface area contributed by atoms with Crippen LogP contribution in [0.2, 0.25) is 0 Å². The summed E-state index contributed by atoms with van der Waals surface area (Å²) in [6.45, 7) is 0. The van der Waals surface area contributed by atoms with Gasteiger partial charge in [-0.2, -0.15) is 0 Å². The number of aromatic amines is 1. The molecule has 0 saturated carbocycles. The van der Waals surface area contributed by atoms with Crippen LogP contribution in [0.3, 0.4) is 0 Å². The Hall–Kier alpha value is -1.73. The summed E-state index contributed by atoms with van der Waals surface area (Å²) in [7, 11) is 0. The van der Waals surface area contributed by atoms with E-state index in [1.165, 1.54) is 10.6 Å². The largest absolute Gasteiger partial charge is 0.375 e. The molecule has 0 aliphatic carbocycles. The molecular weight excluding hydrogens is 338 g/mol. The van der Waals surface area contributed by atoms with E-state index in [2.05, 4.69) is 53.6 Å². The van der Waals surface area contributed by atoms with E-state index in [0.29, 0.717) is 0 Å². The average Bonchev–Trinajstić information content (AvgIpc) is 3.04. The van der Waals surface area contributed by atoms with E-state index in [4.69, 9.17) is 0 Å². The quantitative estimate of drug-likeness (QED) is 0.655. The molecule has 5 nitrogen and oxygen atoms in total. The van der Waals surface area contributed by atoms with E-state index in [1.807, 2.05) is 12.1 Å². The fourth-order valence-corrected chi connectivity index (χ4v) is 3.51. The Morgan fingerprint density at radius 1 is 1.25 bits per heavy atom. The normalized spacial score (nSPS) is 13.2. The molecule has 1 aliphatic rings. The molecule has 3 aromatic rings. The standard InChI is InChI=1S/C13H10BrN5S/c14-11-4-8-12(15-5-16-13(8)19-11)18-7-1-2-9-10(3-7)20-6-17-9/h1-5,17H,6H2,(H2,15,16,18,19). The molecule has 0 atom stereocenters. The van der Waals surface area contributed by atoms with Crippen LogP contribution in [0.1, 0.15) is 0 Å². The fourth-order valence-electron chi connectivity index (χ4n) is 2.20. The van der Waals surface area contributed by atoms with Crippen LogP contribution < -0.4 is 10.6 Å². The minimum absolute atomic E-state index is 0.799. The molecule has 1 aromatic carbocycles. The Labute approximate surface area is 127 Å². The third kappa shape index (κ3) is 2.03. The lowest BCUT2D eigenvalue weighted by molar-refractivity contribution is 1.19. The van der Waals surface area contributed by atoms with Crippen molar-refractivity contribution in [3.8, 4) is 0 Å². The highest BCUT2D eigenvalue weighted by molar-refractivity contribution is 9.10. The first-order valence-electron chi connectivity index (χ1n) is 6.06. The third-order valence-corrected chi connectivity index (χ3v) is 4.49. The van der Waals surface area contributed by atoms with Crippen LogP contribution in [0, 0.1) is 0 Å². The zero-order valence-electron chi connectivity index (χ0n) is 10.3. The van der Waals surface area contributed by atoms with E-state index in [9.17, 15) is 0 Å². The topological polar surface area (TPSA) is 65.6 Å². The number of rotatable bonds is 2. The van der Waals surface area contributed by atoms with Gasteiger partial charge >= 0.3 is 0 Å². The number of anilines is 3. The van der Waals surface area contributed by atoms with Crippen molar-refractivity contribution in [1.82, 2.24) is 15.0 Å². The summed E-state index contributed by atoms with van der Waals surface area (Å²) in [6.07, 6.45) is 1.55. The molecular formula is C13H10BrN5S. The second-order valence-corrected chi connectivity index (χ2v) is 6.27. The van der Waals surface area contributed by atoms with Gasteiger partial charge in [-0.15, -0.1) is 11.8 Å². The molecule has 1 aliphatic heterocycles. The van der Waals surface area contributed by atoms with E-state index in [-0.39, 0.29) is 0 Å². The number of benzene rings is 1. The van der Waals surface area contributed by atoms with Crippen molar-refractivity contribution in [2.24, 2.45) is 0 Å². The van der Waals surface area contributed by atoms with E-state index >= 15 is 0 Å². The predicted octanol–water partition coefficient (Wildman–Crippen LogP) is 3.94. The Kier molecular flexibility index (Phi) is 2.82. The van der Waals surface area contributed by atoms with Crippen LogP contribution in [-0.4, -0.2) is 20.8 Å². The minimum atomic E-state index is 0.799. The summed E-state index contributed by atoms with van der Waals surface area (Å²) in [5.41, 5.74) is 3.03. The number of hydrogen-bond donors (Lipinski definition) is 3. The summed E-state index contributed by atoms with van der Waals surface area (Å²) < 4.78 is 0.893. The van der Waals surface area contributed by atoms with Crippen molar-refractivity contribution in [2.75, 3.05) is 16.5 Å². The smallest absolute Gasteiger partial charge is 0.143 e. The number of nitrogens with zero attached hydrogens (tertiary/aromatic N) is 2. The van der Waals surface area contributed by atoms with Crippen molar-refractivity contribution in [3.05, 3.63) is 35.2 Å². The number of H-pyrrole nitrogens is 1. The van der Waals surface area contributed by atoms with E-state index in [0.717, 1.165) is 33.0 Å². The second kappa shape index (κ2) is 4.68. The van der Waals surface area contributed by atoms with Gasteiger partial charge in [-0.05, 0) is 40.2 Å². The summed E-state index contributed by atoms with van der Waals surface area (Å²) in [6, 6.07) is 8.24. The Balaban J connectivity index is 1.74. The first-order chi connectivity index (χ1) is 9.79. The number of aromatic nitrogens is 3.